The van der Waals surface area contributed by atoms with E-state index in [1.165, 1.54) is 60.5 Å². The van der Waals surface area contributed by atoms with Gasteiger partial charge in [-0.25, -0.2) is 9.69 Å². The summed E-state index contributed by atoms with van der Waals surface area (Å²) in [7, 11) is 3.12. The summed E-state index contributed by atoms with van der Waals surface area (Å²) in [5, 5.41) is 16.9. The van der Waals surface area contributed by atoms with Gasteiger partial charge >= 0.3 is 5.97 Å². The van der Waals surface area contributed by atoms with E-state index in [2.05, 4.69) is 78.3 Å². The van der Waals surface area contributed by atoms with Gasteiger partial charge in [-0.05, 0) is 104 Å². The number of aryl methyl sites for hydroxylation is 2. The second-order valence-electron chi connectivity index (χ2n) is 14.1. The van der Waals surface area contributed by atoms with Gasteiger partial charge in [0, 0.05) is 32.3 Å². The van der Waals surface area contributed by atoms with Crippen molar-refractivity contribution in [3.05, 3.63) is 201 Å². The summed E-state index contributed by atoms with van der Waals surface area (Å²) in [5.74, 6) is -2.64. The molecule has 7 rings (SSSR count). The predicted molar refractivity (Wildman–Crippen MR) is 240 cm³/mol. The van der Waals surface area contributed by atoms with Gasteiger partial charge in [-0.2, -0.15) is 0 Å². The summed E-state index contributed by atoms with van der Waals surface area (Å²) >= 11 is 0. The molecule has 0 bridgehead atoms. The van der Waals surface area contributed by atoms with Crippen LogP contribution in [0, 0.1) is 13.8 Å². The number of carbonyl (C=O) groups excluding carboxylic acids is 5. The second kappa shape index (κ2) is 21.4. The summed E-state index contributed by atoms with van der Waals surface area (Å²) in [4.78, 5) is 71.9. The van der Waals surface area contributed by atoms with E-state index in [4.69, 9.17) is 0 Å². The van der Waals surface area contributed by atoms with Crippen molar-refractivity contribution in [1.82, 2.24) is 10.6 Å². The third-order valence-electron chi connectivity index (χ3n) is 9.59. The van der Waals surface area contributed by atoms with Gasteiger partial charge in [0.05, 0.1) is 27.9 Å². The molecule has 1 aliphatic heterocycles. The average Bonchev–Trinajstić information content (AvgIpc) is 3.51. The lowest BCUT2D eigenvalue weighted by Crippen LogP contribution is -2.29. The minimum atomic E-state index is -1.12. The van der Waals surface area contributed by atoms with Gasteiger partial charge in [0.15, 0.2) is 0 Å². The van der Waals surface area contributed by atoms with Crippen LogP contribution in [-0.4, -0.2) is 54.7 Å². The third kappa shape index (κ3) is 12.2. The lowest BCUT2D eigenvalue weighted by Gasteiger charge is -2.14. The molecule has 0 radical (unpaired) electrons. The number of benzene rings is 6. The van der Waals surface area contributed by atoms with E-state index in [-0.39, 0.29) is 41.8 Å². The molecule has 0 aliphatic carbocycles. The van der Waals surface area contributed by atoms with Crippen LogP contribution in [0.25, 0.3) is 0 Å². The smallest absolute Gasteiger partial charge is 0.336 e. The summed E-state index contributed by atoms with van der Waals surface area (Å²) < 4.78 is 0. The first kappa shape index (κ1) is 46.0. The molecule has 312 valence electrons. The van der Waals surface area contributed by atoms with E-state index in [1.54, 1.807) is 37.4 Å². The molecule has 61 heavy (non-hydrogen) atoms. The molecule has 0 aromatic heterocycles. The van der Waals surface area contributed by atoms with Crippen molar-refractivity contribution in [1.29, 1.82) is 0 Å². The number of hydrogen-bond donors (Lipinski definition) is 4. The highest BCUT2D eigenvalue weighted by atomic mass is 16.4. The van der Waals surface area contributed by atoms with Crippen LogP contribution in [0.1, 0.15) is 99.5 Å². The topological polar surface area (TPSA) is 162 Å². The number of carboxylic acids is 1. The van der Waals surface area contributed by atoms with Gasteiger partial charge in [0.1, 0.15) is 0 Å². The van der Waals surface area contributed by atoms with Gasteiger partial charge in [0.25, 0.3) is 23.6 Å². The Kier molecular flexibility index (Phi) is 16.1. The highest BCUT2D eigenvalue weighted by Gasteiger charge is 2.37. The molecular weight excluding hydrogens is 769 g/mol. The first-order chi connectivity index (χ1) is 28.8. The molecular formula is C50H50N4O7. The molecule has 11 nitrogen and oxygen atoms in total. The first-order valence-corrected chi connectivity index (χ1v) is 19.1. The maximum absolute atomic E-state index is 12.9. The summed E-state index contributed by atoms with van der Waals surface area (Å²) in [5.41, 5.74) is 9.29. The Morgan fingerprint density at radius 2 is 1.00 bits per heavy atom. The lowest BCUT2D eigenvalue weighted by atomic mass is 10.0. The van der Waals surface area contributed by atoms with Crippen molar-refractivity contribution in [2.75, 3.05) is 24.3 Å². The Morgan fingerprint density at radius 3 is 1.46 bits per heavy atom. The molecule has 1 aliphatic rings. The zero-order valence-corrected chi connectivity index (χ0v) is 34.0. The summed E-state index contributed by atoms with van der Waals surface area (Å²) in [6, 6.07) is 42.4. The van der Waals surface area contributed by atoms with Crippen LogP contribution in [0.5, 0.6) is 0 Å². The number of nitrogens with one attached hydrogen (secondary N) is 3. The number of carbonyl (C=O) groups is 6. The maximum Gasteiger partial charge on any atom is 0.336 e. The number of carboxylic acid groups (broad SMARTS) is 1. The van der Waals surface area contributed by atoms with E-state index in [1.807, 2.05) is 36.4 Å². The van der Waals surface area contributed by atoms with Crippen LogP contribution in [0.15, 0.2) is 140 Å². The summed E-state index contributed by atoms with van der Waals surface area (Å²) in [6.45, 7) is 5.59. The molecule has 0 saturated heterocycles. The van der Waals surface area contributed by atoms with Crippen LogP contribution in [0.3, 0.4) is 0 Å². The largest absolute Gasteiger partial charge is 0.478 e. The number of amides is 5. The summed E-state index contributed by atoms with van der Waals surface area (Å²) in [6.07, 6.45) is 1.59. The van der Waals surface area contributed by atoms with Gasteiger partial charge in [-0.1, -0.05) is 103 Å². The van der Waals surface area contributed by atoms with Crippen LogP contribution in [0.2, 0.25) is 0 Å². The van der Waals surface area contributed by atoms with E-state index >= 15 is 0 Å². The van der Waals surface area contributed by atoms with E-state index in [9.17, 15) is 33.9 Å². The lowest BCUT2D eigenvalue weighted by molar-refractivity contribution is -0.118. The molecule has 6 aromatic rings. The SMILES string of the molecule is C.CNC(=O)c1ccc2c(c1)C(=O)N(c1ccc(Cc3ccc(C)cc3)cc1)C2=O.CNC(C)=O.Cc1ccc(Cc2ccc(NC(=O)c3ccccc3C(=O)O)cc2)cc1. The molecule has 0 spiro atoms. The van der Waals surface area contributed by atoms with Crippen LogP contribution in [-0.2, 0) is 17.6 Å². The monoisotopic (exact) mass is 818 g/mol. The molecule has 6 aromatic carbocycles. The Balaban J connectivity index is 0.000000240. The average molecular weight is 819 g/mol. The van der Waals surface area contributed by atoms with Crippen molar-refractivity contribution in [3.63, 3.8) is 0 Å². The minimum Gasteiger partial charge on any atom is -0.478 e. The first-order valence-electron chi connectivity index (χ1n) is 19.1. The Morgan fingerprint density at radius 1 is 0.557 bits per heavy atom. The highest BCUT2D eigenvalue weighted by Crippen LogP contribution is 2.30. The fourth-order valence-electron chi connectivity index (χ4n) is 6.18. The van der Waals surface area contributed by atoms with Gasteiger partial charge in [0.2, 0.25) is 5.91 Å². The van der Waals surface area contributed by atoms with Crippen LogP contribution in [0.4, 0.5) is 11.4 Å². The normalized spacial score (nSPS) is 11.1. The quantitative estimate of drug-likeness (QED) is 0.106. The van der Waals surface area contributed by atoms with Crippen molar-refractivity contribution in [2.24, 2.45) is 0 Å². The molecule has 5 amide bonds. The van der Waals surface area contributed by atoms with E-state index in [0.717, 1.165) is 28.9 Å². The number of hydrogen-bond acceptors (Lipinski definition) is 6. The number of anilines is 2. The molecule has 0 unspecified atom stereocenters. The fourth-order valence-corrected chi connectivity index (χ4v) is 6.18. The second-order valence-corrected chi connectivity index (χ2v) is 14.1. The Hall–Kier alpha value is -7.66. The standard InChI is InChI=1S/C24H20N2O3.C22H19NO3.C3H7NO.CH4/c1-15-3-5-16(6-4-15)13-17-7-10-19(11-8-17)26-23(28)20-12-9-18(22(27)25-2)14-21(20)24(26)29;1-15-6-8-16(9-7-15)14-17-10-12-18(13-11-17)23-21(24)19-4-2-3-5-20(19)22(25)26;1-3(5)4-2;/h3-12,14H,13H2,1-2H3,(H,25,27);2-13H,14H2,1H3,(H,23,24)(H,25,26);1-2H3,(H,4,5);1H4. The number of aromatic carboxylic acids is 1. The fraction of sp³-hybridized carbons (Fsp3) is 0.160. The van der Waals surface area contributed by atoms with Crippen molar-refractivity contribution in [3.8, 4) is 0 Å². The third-order valence-corrected chi connectivity index (χ3v) is 9.59. The number of nitrogens with zero attached hydrogens (tertiary/aromatic N) is 1. The zero-order valence-electron chi connectivity index (χ0n) is 34.0. The zero-order chi connectivity index (χ0) is 43.3. The molecule has 0 atom stereocenters. The van der Waals surface area contributed by atoms with Crippen LogP contribution >= 0.6 is 0 Å². The van der Waals surface area contributed by atoms with Gasteiger partial charge in [-0.15, -0.1) is 0 Å². The molecule has 1 heterocycles. The molecule has 0 saturated carbocycles. The Labute approximate surface area is 356 Å². The predicted octanol–water partition coefficient (Wildman–Crippen LogP) is 8.67. The number of imide groups is 1. The number of fused-ring (bicyclic) bond motifs is 1. The van der Waals surface area contributed by atoms with Crippen LogP contribution < -0.4 is 20.9 Å². The van der Waals surface area contributed by atoms with Gasteiger partial charge in [-0.3, -0.25) is 24.0 Å². The number of rotatable bonds is 9. The minimum absolute atomic E-state index is 0. The van der Waals surface area contributed by atoms with Crippen molar-refractivity contribution in [2.45, 2.75) is 41.0 Å². The molecule has 0 fully saturated rings. The van der Waals surface area contributed by atoms with Crippen molar-refractivity contribution < 1.29 is 33.9 Å². The molecule has 4 N–H and O–H groups in total. The Bertz CT molecular complexity index is 2510. The maximum atomic E-state index is 12.9. The van der Waals surface area contributed by atoms with Crippen molar-refractivity contribution >= 4 is 46.9 Å². The molecule has 11 heteroatoms. The van der Waals surface area contributed by atoms with E-state index < -0.39 is 17.8 Å². The highest BCUT2D eigenvalue weighted by molar-refractivity contribution is 6.34. The van der Waals surface area contributed by atoms with Gasteiger partial charge < -0.3 is 21.1 Å². The van der Waals surface area contributed by atoms with E-state index in [0.29, 0.717) is 22.5 Å².